The Balaban J connectivity index is 1.69. The summed E-state index contributed by atoms with van der Waals surface area (Å²) in [5.74, 6) is -0.110. The number of rotatable bonds is 6. The van der Waals surface area contributed by atoms with Crippen LogP contribution in [0, 0.1) is 13.8 Å². The lowest BCUT2D eigenvalue weighted by Crippen LogP contribution is -2.26. The third-order valence-electron chi connectivity index (χ3n) is 3.95. The van der Waals surface area contributed by atoms with E-state index in [1.165, 1.54) is 22.9 Å². The summed E-state index contributed by atoms with van der Waals surface area (Å²) in [5.41, 5.74) is 3.96. The van der Waals surface area contributed by atoms with Gasteiger partial charge < -0.3 is 5.32 Å². The van der Waals surface area contributed by atoms with Gasteiger partial charge in [-0.3, -0.25) is 9.78 Å². The maximum Gasteiger partial charge on any atom is 0.254 e. The van der Waals surface area contributed by atoms with E-state index in [2.05, 4.69) is 47.3 Å². The second-order valence-electron chi connectivity index (χ2n) is 6.05. The maximum atomic E-state index is 12.6. The first-order valence-electron chi connectivity index (χ1n) is 8.52. The van der Waals surface area contributed by atoms with Gasteiger partial charge in [-0.25, -0.2) is 4.98 Å². The van der Waals surface area contributed by atoms with Gasteiger partial charge in [0, 0.05) is 35.9 Å². The average Bonchev–Trinajstić information content (AvgIpc) is 2.65. The first kappa shape index (κ1) is 18.1. The molecule has 132 valence electrons. The van der Waals surface area contributed by atoms with Crippen LogP contribution in [-0.2, 0) is 6.42 Å². The minimum Gasteiger partial charge on any atom is -0.352 e. The minimum absolute atomic E-state index is 0.110. The second kappa shape index (κ2) is 8.63. The number of hydrogen-bond acceptors (Lipinski definition) is 4. The lowest BCUT2D eigenvalue weighted by atomic mass is 10.2. The van der Waals surface area contributed by atoms with Crippen LogP contribution in [0.5, 0.6) is 0 Å². The predicted octanol–water partition coefficient (Wildman–Crippen LogP) is 4.22. The minimum atomic E-state index is -0.110. The molecule has 0 fully saturated rings. The van der Waals surface area contributed by atoms with Crippen molar-refractivity contribution in [1.29, 1.82) is 0 Å². The Morgan fingerprint density at radius 2 is 1.88 bits per heavy atom. The van der Waals surface area contributed by atoms with Gasteiger partial charge in [0.1, 0.15) is 5.03 Å². The average molecular weight is 363 g/mol. The summed E-state index contributed by atoms with van der Waals surface area (Å²) in [6.45, 7) is 4.69. The number of nitrogens with one attached hydrogen (secondary N) is 1. The maximum absolute atomic E-state index is 12.6. The molecule has 5 heteroatoms. The number of carbonyl (C=O) groups excluding carboxylic acids is 1. The number of amides is 1. The first-order valence-corrected chi connectivity index (χ1v) is 9.33. The lowest BCUT2D eigenvalue weighted by molar-refractivity contribution is 0.0950. The van der Waals surface area contributed by atoms with E-state index in [-0.39, 0.29) is 5.91 Å². The van der Waals surface area contributed by atoms with Gasteiger partial charge in [0.2, 0.25) is 0 Å². The summed E-state index contributed by atoms with van der Waals surface area (Å²) < 4.78 is 0. The van der Waals surface area contributed by atoms with Crippen molar-refractivity contribution in [2.75, 3.05) is 6.54 Å². The molecule has 0 aliphatic heterocycles. The van der Waals surface area contributed by atoms with Crippen LogP contribution in [0.2, 0.25) is 0 Å². The monoisotopic (exact) mass is 363 g/mol. The van der Waals surface area contributed by atoms with E-state index in [9.17, 15) is 4.79 Å². The van der Waals surface area contributed by atoms with E-state index in [1.54, 1.807) is 18.5 Å². The van der Waals surface area contributed by atoms with Crippen molar-refractivity contribution >= 4 is 17.7 Å². The van der Waals surface area contributed by atoms with Crippen LogP contribution in [-0.4, -0.2) is 22.4 Å². The molecule has 0 radical (unpaired) electrons. The molecule has 0 atom stereocenters. The van der Waals surface area contributed by atoms with Crippen LogP contribution in [0.1, 0.15) is 27.2 Å². The number of carbonyl (C=O) groups is 1. The quantitative estimate of drug-likeness (QED) is 0.712. The van der Waals surface area contributed by atoms with Crippen LogP contribution >= 0.6 is 11.8 Å². The van der Waals surface area contributed by atoms with E-state index in [1.807, 2.05) is 24.3 Å². The molecule has 2 heterocycles. The van der Waals surface area contributed by atoms with E-state index in [0.29, 0.717) is 18.5 Å². The Labute approximate surface area is 158 Å². The van der Waals surface area contributed by atoms with Crippen LogP contribution in [0.3, 0.4) is 0 Å². The Morgan fingerprint density at radius 3 is 2.65 bits per heavy atom. The van der Waals surface area contributed by atoms with Gasteiger partial charge >= 0.3 is 0 Å². The van der Waals surface area contributed by atoms with Gasteiger partial charge in [-0.2, -0.15) is 0 Å². The summed E-state index contributed by atoms with van der Waals surface area (Å²) in [7, 11) is 0. The highest BCUT2D eigenvalue weighted by Crippen LogP contribution is 2.31. The predicted molar refractivity (Wildman–Crippen MR) is 105 cm³/mol. The summed E-state index contributed by atoms with van der Waals surface area (Å²) >= 11 is 1.52. The van der Waals surface area contributed by atoms with Crippen molar-refractivity contribution in [2.24, 2.45) is 0 Å². The number of nitrogens with zero attached hydrogens (tertiary/aromatic N) is 2. The summed E-state index contributed by atoms with van der Waals surface area (Å²) in [5, 5.41) is 3.68. The van der Waals surface area contributed by atoms with Crippen LogP contribution < -0.4 is 5.32 Å². The zero-order valence-corrected chi connectivity index (χ0v) is 15.7. The van der Waals surface area contributed by atoms with E-state index >= 15 is 0 Å². The molecule has 3 rings (SSSR count). The summed E-state index contributed by atoms with van der Waals surface area (Å²) in [4.78, 5) is 22.4. The molecule has 4 nitrogen and oxygen atoms in total. The van der Waals surface area contributed by atoms with E-state index < -0.39 is 0 Å². The molecule has 26 heavy (non-hydrogen) atoms. The zero-order chi connectivity index (χ0) is 18.4. The second-order valence-corrected chi connectivity index (χ2v) is 7.08. The van der Waals surface area contributed by atoms with Crippen LogP contribution in [0.25, 0.3) is 0 Å². The van der Waals surface area contributed by atoms with Crippen molar-refractivity contribution in [3.05, 3.63) is 83.3 Å². The van der Waals surface area contributed by atoms with Crippen molar-refractivity contribution in [1.82, 2.24) is 15.3 Å². The van der Waals surface area contributed by atoms with Crippen molar-refractivity contribution in [2.45, 2.75) is 30.2 Å². The molecule has 0 unspecified atom stereocenters. The van der Waals surface area contributed by atoms with Crippen molar-refractivity contribution < 1.29 is 4.79 Å². The lowest BCUT2D eigenvalue weighted by Gasteiger charge is -2.10. The van der Waals surface area contributed by atoms with E-state index in [0.717, 1.165) is 15.6 Å². The molecule has 0 aliphatic carbocycles. The Bertz CT molecular complexity index is 897. The summed E-state index contributed by atoms with van der Waals surface area (Å²) in [6.07, 6.45) is 4.18. The summed E-state index contributed by atoms with van der Waals surface area (Å²) in [6, 6.07) is 15.7. The molecule has 0 bridgehead atoms. The van der Waals surface area contributed by atoms with Gasteiger partial charge in [-0.05, 0) is 49.7 Å². The highest BCUT2D eigenvalue weighted by molar-refractivity contribution is 7.99. The molecule has 1 N–H and O–H groups in total. The number of benzene rings is 1. The van der Waals surface area contributed by atoms with Crippen LogP contribution in [0.4, 0.5) is 0 Å². The van der Waals surface area contributed by atoms with Crippen molar-refractivity contribution in [3.63, 3.8) is 0 Å². The fourth-order valence-corrected chi connectivity index (χ4v) is 3.56. The van der Waals surface area contributed by atoms with Gasteiger partial charge in [-0.1, -0.05) is 35.5 Å². The Hall–Kier alpha value is -2.66. The van der Waals surface area contributed by atoms with Crippen LogP contribution in [0.15, 0.2) is 70.8 Å². The zero-order valence-electron chi connectivity index (χ0n) is 14.9. The number of pyridine rings is 2. The molecule has 0 saturated heterocycles. The smallest absolute Gasteiger partial charge is 0.254 e. The number of hydrogen-bond donors (Lipinski definition) is 1. The number of aromatic nitrogens is 2. The van der Waals surface area contributed by atoms with Gasteiger partial charge in [0.15, 0.2) is 0 Å². The third-order valence-corrected chi connectivity index (χ3v) is 5.14. The van der Waals surface area contributed by atoms with Gasteiger partial charge in [0.05, 0.1) is 5.56 Å². The molecule has 0 saturated carbocycles. The normalized spacial score (nSPS) is 10.5. The fraction of sp³-hybridized carbons (Fsp3) is 0.190. The molecule has 0 aliphatic rings. The first-order chi connectivity index (χ1) is 12.6. The topological polar surface area (TPSA) is 54.9 Å². The largest absolute Gasteiger partial charge is 0.352 e. The van der Waals surface area contributed by atoms with E-state index in [4.69, 9.17) is 0 Å². The third kappa shape index (κ3) is 4.70. The van der Waals surface area contributed by atoms with Gasteiger partial charge in [-0.15, -0.1) is 0 Å². The molecule has 1 amide bonds. The highest BCUT2D eigenvalue weighted by Gasteiger charge is 2.14. The standard InChI is InChI=1S/C21H21N3OS/c1-15-8-9-19(16(2)14-15)26-21-18(7-5-12-24-21)20(25)23-13-10-17-6-3-4-11-22-17/h3-9,11-12,14H,10,13H2,1-2H3,(H,23,25). The molecular formula is C21H21N3OS. The Morgan fingerprint density at radius 1 is 1.04 bits per heavy atom. The highest BCUT2D eigenvalue weighted by atomic mass is 32.2. The fourth-order valence-electron chi connectivity index (χ4n) is 2.61. The number of aryl methyl sites for hydroxylation is 2. The molecule has 3 aromatic rings. The molecule has 1 aromatic carbocycles. The van der Waals surface area contributed by atoms with Crippen molar-refractivity contribution in [3.8, 4) is 0 Å². The van der Waals surface area contributed by atoms with Gasteiger partial charge in [0.25, 0.3) is 5.91 Å². The molecular weight excluding hydrogens is 342 g/mol. The molecule has 0 spiro atoms. The SMILES string of the molecule is Cc1ccc(Sc2ncccc2C(=O)NCCc2ccccn2)c(C)c1. The molecule has 2 aromatic heterocycles. The Kier molecular flexibility index (Phi) is 6.02.